The van der Waals surface area contributed by atoms with E-state index in [0.29, 0.717) is 59.0 Å². The maximum atomic E-state index is 12.2. The molecule has 0 aromatic carbocycles. The lowest BCUT2D eigenvalue weighted by Gasteiger charge is -2.52. The summed E-state index contributed by atoms with van der Waals surface area (Å²) in [4.78, 5) is 24.3. The highest BCUT2D eigenvalue weighted by atomic mass is 16.5. The summed E-state index contributed by atoms with van der Waals surface area (Å²) in [5, 5.41) is 7.70. The Labute approximate surface area is 375 Å². The second-order valence-corrected chi connectivity index (χ2v) is 25.4. The number of nitrogens with one attached hydrogen (secondary N) is 2. The van der Waals surface area contributed by atoms with Crippen LogP contribution in [0, 0.1) is 75.9 Å². The number of fused-ring (bicyclic) bond motifs is 12. The molecule has 0 radical (unpaired) electrons. The number of carbonyl (C=O) groups is 2. The third-order valence-corrected chi connectivity index (χ3v) is 22.4. The van der Waals surface area contributed by atoms with Crippen LogP contribution >= 0.6 is 0 Å². The molecule has 8 aliphatic carbocycles. The van der Waals surface area contributed by atoms with Crippen LogP contribution in [0.5, 0.6) is 0 Å². The predicted molar refractivity (Wildman–Crippen MR) is 247 cm³/mol. The predicted octanol–water partition coefficient (Wildman–Crippen LogP) is 11.3. The number of rotatable bonds is 0. The number of ether oxygens (including phenoxy) is 2. The fourth-order valence-electron chi connectivity index (χ4n) is 18.7. The average Bonchev–Trinajstić information content (AvgIpc) is 3.91. The van der Waals surface area contributed by atoms with Crippen LogP contribution in [0.1, 0.15) is 177 Å². The van der Waals surface area contributed by atoms with Crippen molar-refractivity contribution in [2.24, 2.45) is 75.9 Å². The van der Waals surface area contributed by atoms with Gasteiger partial charge in [0.05, 0.1) is 23.4 Å². The topological polar surface area (TPSA) is 76.7 Å². The van der Waals surface area contributed by atoms with E-state index < -0.39 is 0 Å². The third kappa shape index (κ3) is 6.63. The molecule has 2 spiro atoms. The van der Waals surface area contributed by atoms with Crippen LogP contribution in [0.15, 0.2) is 33.9 Å². The van der Waals surface area contributed by atoms with Crippen molar-refractivity contribution in [2.45, 2.75) is 213 Å². The first-order valence-corrected chi connectivity index (χ1v) is 26.6. The average molecular weight is 849 g/mol. The Morgan fingerprint density at radius 2 is 1.19 bits per heavy atom. The van der Waals surface area contributed by atoms with Crippen molar-refractivity contribution >= 4 is 11.6 Å². The van der Waals surface area contributed by atoms with Crippen LogP contribution < -0.4 is 10.6 Å². The molecule has 1 unspecified atom stereocenters. The van der Waals surface area contributed by atoms with E-state index in [-0.39, 0.29) is 16.6 Å². The van der Waals surface area contributed by atoms with Gasteiger partial charge in [0, 0.05) is 43.2 Å². The highest BCUT2D eigenvalue weighted by Gasteiger charge is 2.61. The minimum Gasteiger partial charge on any atom is -0.369 e. The first-order chi connectivity index (χ1) is 29.6. The van der Waals surface area contributed by atoms with E-state index in [4.69, 9.17) is 9.47 Å². The van der Waals surface area contributed by atoms with Crippen LogP contribution in [-0.4, -0.2) is 60.1 Å². The van der Waals surface area contributed by atoms with Gasteiger partial charge in [-0.15, -0.1) is 0 Å². The van der Waals surface area contributed by atoms with Crippen molar-refractivity contribution in [3.63, 3.8) is 0 Å². The molecule has 0 amide bonds. The van der Waals surface area contributed by atoms with Gasteiger partial charge in [-0.05, 0) is 200 Å². The Hall–Kier alpha value is -1.60. The lowest BCUT2D eigenvalue weighted by atomic mass is 9.52. The van der Waals surface area contributed by atoms with Gasteiger partial charge in [-0.25, -0.2) is 0 Å². The van der Waals surface area contributed by atoms with Gasteiger partial charge in [0.25, 0.3) is 0 Å². The SMILES string of the molecule is CC1=C2C[C@H]3[C@@H](CCC4=CC(=O)CC[C@@]43C)[C@@H]2CCC2(C1)O[C@@H]1C[C@H](C)CN[C@H]1[C@H]2C.CC1=C2C[C@H]3[C@@H](CC[C@@H]4CC(=O)CC[C@@]43C)[C@@H]2CC[C@@]2(C1)O[C@@H]1C[C@H](C)CN[C@H]1[C@H]2C. The Morgan fingerprint density at radius 3 is 1.79 bits per heavy atom. The molecule has 342 valence electrons. The number of carbonyl (C=O) groups excluding carboxylic acids is 2. The minimum absolute atomic E-state index is 0.0458. The van der Waals surface area contributed by atoms with Crippen LogP contribution in [-0.2, 0) is 19.1 Å². The van der Waals surface area contributed by atoms with Gasteiger partial charge < -0.3 is 20.1 Å². The van der Waals surface area contributed by atoms with E-state index in [9.17, 15) is 9.59 Å². The van der Waals surface area contributed by atoms with Crippen molar-refractivity contribution in [1.82, 2.24) is 10.6 Å². The fourth-order valence-corrected chi connectivity index (χ4v) is 18.7. The summed E-state index contributed by atoms with van der Waals surface area (Å²) in [5.74, 6) is 8.97. The van der Waals surface area contributed by atoms with E-state index in [1.807, 2.05) is 11.6 Å². The highest BCUT2D eigenvalue weighted by Crippen LogP contribution is 2.66. The smallest absolute Gasteiger partial charge is 0.155 e. The van der Waals surface area contributed by atoms with Crippen LogP contribution in [0.25, 0.3) is 0 Å². The molecule has 19 atom stereocenters. The number of hydrogen-bond donors (Lipinski definition) is 2. The summed E-state index contributed by atoms with van der Waals surface area (Å²) in [6.07, 6.45) is 25.0. The molecule has 6 heteroatoms. The third-order valence-electron chi connectivity index (χ3n) is 22.4. The van der Waals surface area contributed by atoms with Crippen LogP contribution in [0.3, 0.4) is 0 Å². The lowest BCUT2D eigenvalue weighted by molar-refractivity contribution is -0.129. The fraction of sp³-hybridized carbons (Fsp3) is 0.857. The quantitative estimate of drug-likeness (QED) is 0.237. The summed E-state index contributed by atoms with van der Waals surface area (Å²) < 4.78 is 14.0. The summed E-state index contributed by atoms with van der Waals surface area (Å²) in [6.45, 7) is 21.9. The van der Waals surface area contributed by atoms with Gasteiger partial charge in [-0.3, -0.25) is 9.59 Å². The molecule has 6 nitrogen and oxygen atoms in total. The van der Waals surface area contributed by atoms with Gasteiger partial charge in [-0.1, -0.05) is 69.4 Å². The van der Waals surface area contributed by atoms with Crippen LogP contribution in [0.4, 0.5) is 0 Å². The zero-order valence-corrected chi connectivity index (χ0v) is 40.2. The second-order valence-electron chi connectivity index (χ2n) is 25.4. The Kier molecular flexibility index (Phi) is 10.7. The summed E-state index contributed by atoms with van der Waals surface area (Å²) in [5.41, 5.74) is 9.18. The number of hydrogen-bond acceptors (Lipinski definition) is 6. The first-order valence-electron chi connectivity index (χ1n) is 26.6. The van der Waals surface area contributed by atoms with E-state index in [2.05, 4.69) is 66.0 Å². The molecule has 12 rings (SSSR count). The summed E-state index contributed by atoms with van der Waals surface area (Å²) >= 11 is 0. The molecule has 12 aliphatic rings. The monoisotopic (exact) mass is 849 g/mol. The summed E-state index contributed by atoms with van der Waals surface area (Å²) in [6, 6.07) is 1.09. The normalized spacial score (nSPS) is 53.0. The lowest BCUT2D eigenvalue weighted by Crippen LogP contribution is -2.48. The maximum absolute atomic E-state index is 12.2. The number of Topliss-reactive ketones (excluding diaryl/α,β-unsaturated/α-hetero) is 1. The molecule has 4 heterocycles. The van der Waals surface area contributed by atoms with E-state index in [1.165, 1.54) is 76.2 Å². The largest absolute Gasteiger partial charge is 0.369 e. The Morgan fingerprint density at radius 1 is 0.629 bits per heavy atom. The number of piperidine rings is 2. The van der Waals surface area contributed by atoms with Gasteiger partial charge in [-0.2, -0.15) is 0 Å². The number of ketones is 2. The van der Waals surface area contributed by atoms with Gasteiger partial charge in [0.1, 0.15) is 5.78 Å². The molecular weight excluding hydrogens is 765 g/mol. The van der Waals surface area contributed by atoms with Crippen molar-refractivity contribution in [2.75, 3.05) is 13.1 Å². The minimum atomic E-state index is 0.0458. The van der Waals surface area contributed by atoms with Crippen molar-refractivity contribution in [1.29, 1.82) is 0 Å². The van der Waals surface area contributed by atoms with E-state index in [0.717, 1.165) is 112 Å². The zero-order valence-electron chi connectivity index (χ0n) is 40.2. The molecule has 0 bridgehead atoms. The molecule has 0 aromatic rings. The molecular formula is C56H84N2O4. The molecule has 4 aliphatic heterocycles. The molecule has 4 saturated heterocycles. The Balaban J connectivity index is 0.000000139. The zero-order chi connectivity index (χ0) is 43.1. The molecule has 62 heavy (non-hydrogen) atoms. The molecule has 0 aromatic heterocycles. The van der Waals surface area contributed by atoms with Crippen molar-refractivity contribution in [3.8, 4) is 0 Å². The van der Waals surface area contributed by atoms with Gasteiger partial charge in [0.2, 0.25) is 0 Å². The standard InChI is InChI=1S/C28H43NO2.C28H41NO2/c2*1-16-11-25-26(29-15-16)18(3)28(31-25)10-8-21-22-6-5-19-12-20(30)7-9-27(19,4)24(22)13-23(21)17(2)14-28/h16,18-19,21-22,24-26,29H,5-15H2,1-4H3;12,16,18,21-22,24-26,29H,5-11,13-15H2,1-4H3/t16-,18+,19+,21-,22-,24-,25+,26-,27-,28-;16-,18+,21-,22-,24-,25+,26-,27-,28?/m00/s1. The maximum Gasteiger partial charge on any atom is 0.155 e. The summed E-state index contributed by atoms with van der Waals surface area (Å²) in [7, 11) is 0. The molecule has 2 N–H and O–H groups in total. The number of allylic oxidation sites excluding steroid dienone is 4. The van der Waals surface area contributed by atoms with Crippen LogP contribution in [0.2, 0.25) is 0 Å². The second kappa shape index (κ2) is 15.5. The van der Waals surface area contributed by atoms with Crippen molar-refractivity contribution in [3.05, 3.63) is 33.9 Å². The van der Waals surface area contributed by atoms with E-state index in [1.54, 1.807) is 16.7 Å². The molecule has 5 saturated carbocycles. The van der Waals surface area contributed by atoms with Crippen molar-refractivity contribution < 1.29 is 19.1 Å². The Bertz CT molecular complexity index is 1930. The van der Waals surface area contributed by atoms with Gasteiger partial charge in [0.15, 0.2) is 5.78 Å². The van der Waals surface area contributed by atoms with E-state index >= 15 is 0 Å². The van der Waals surface area contributed by atoms with Gasteiger partial charge >= 0.3 is 0 Å². The molecule has 9 fully saturated rings. The first kappa shape index (κ1) is 43.0. The highest BCUT2D eigenvalue weighted by molar-refractivity contribution is 5.91.